The van der Waals surface area contributed by atoms with E-state index in [4.69, 9.17) is 0 Å². The first kappa shape index (κ1) is 22.5. The Bertz CT molecular complexity index is 1360. The van der Waals surface area contributed by atoms with Crippen molar-refractivity contribution in [3.8, 4) is 5.75 Å². The smallest absolute Gasteiger partial charge is 0.326 e. The Labute approximate surface area is 185 Å². The van der Waals surface area contributed by atoms with Crippen molar-refractivity contribution in [2.45, 2.75) is 19.8 Å². The molecule has 0 spiro atoms. The molecular weight excluding hydrogens is 461 g/mol. The summed E-state index contributed by atoms with van der Waals surface area (Å²) in [6.07, 6.45) is 3.09. The molecule has 4 rings (SSSR count). The average Bonchev–Trinajstić information content (AvgIpc) is 3.31. The highest BCUT2D eigenvalue weighted by Crippen LogP contribution is 2.39. The van der Waals surface area contributed by atoms with Crippen LogP contribution in [0.3, 0.4) is 0 Å². The lowest BCUT2D eigenvalue weighted by Gasteiger charge is -2.19. The molecule has 172 valence electrons. The van der Waals surface area contributed by atoms with Crippen molar-refractivity contribution in [2.24, 2.45) is 0 Å². The van der Waals surface area contributed by atoms with Crippen LogP contribution in [0.5, 0.6) is 5.75 Å². The molecule has 0 aliphatic carbocycles. The van der Waals surface area contributed by atoms with E-state index in [9.17, 15) is 26.7 Å². The van der Waals surface area contributed by atoms with E-state index in [-0.39, 0.29) is 24.2 Å². The van der Waals surface area contributed by atoms with Gasteiger partial charge in [-0.05, 0) is 35.1 Å². The molecule has 0 bridgehead atoms. The van der Waals surface area contributed by atoms with Gasteiger partial charge in [0.2, 0.25) is 10.0 Å². The Kier molecular flexibility index (Phi) is 5.63. The maximum Gasteiger partial charge on any atom is 0.326 e. The highest BCUT2D eigenvalue weighted by atomic mass is 32.2. The van der Waals surface area contributed by atoms with Crippen molar-refractivity contribution in [3.63, 3.8) is 0 Å². The first-order valence-electron chi connectivity index (χ1n) is 9.99. The summed E-state index contributed by atoms with van der Waals surface area (Å²) >= 11 is 0. The van der Waals surface area contributed by atoms with Gasteiger partial charge >= 0.3 is 10.2 Å². The van der Waals surface area contributed by atoms with Gasteiger partial charge in [-0.2, -0.15) is 12.7 Å². The summed E-state index contributed by atoms with van der Waals surface area (Å²) in [5, 5.41) is 10.6. The Hall–Kier alpha value is -2.70. The predicted octanol–water partition coefficient (Wildman–Crippen LogP) is 1.69. The van der Waals surface area contributed by atoms with Crippen LogP contribution < -0.4 is 9.03 Å². The summed E-state index contributed by atoms with van der Waals surface area (Å²) < 4.78 is 68.2. The third-order valence-electron chi connectivity index (χ3n) is 5.51. The molecule has 2 aliphatic rings. The van der Waals surface area contributed by atoms with Crippen LogP contribution in [-0.4, -0.2) is 57.5 Å². The highest BCUT2D eigenvalue weighted by molar-refractivity contribution is 7.92. The maximum absolute atomic E-state index is 15.4. The molecule has 0 radical (unpaired) electrons. The Morgan fingerprint density at radius 2 is 1.97 bits per heavy atom. The van der Waals surface area contributed by atoms with Crippen LogP contribution in [0.25, 0.3) is 16.3 Å². The molecule has 2 heterocycles. The normalized spacial score (nSPS) is 18.9. The second-order valence-corrected chi connectivity index (χ2v) is 11.4. The van der Waals surface area contributed by atoms with Gasteiger partial charge in [0.05, 0.1) is 5.75 Å². The molecule has 2 aromatic carbocycles. The van der Waals surface area contributed by atoms with E-state index >= 15 is 4.39 Å². The largest absolute Gasteiger partial charge is 0.506 e. The van der Waals surface area contributed by atoms with Crippen LogP contribution in [0, 0.1) is 5.82 Å². The number of amides is 1. The lowest BCUT2D eigenvalue weighted by Crippen LogP contribution is -2.31. The third kappa shape index (κ3) is 3.93. The number of unbranched alkanes of at least 4 members (excludes halogenated alkanes) is 1. The van der Waals surface area contributed by atoms with E-state index in [1.54, 1.807) is 22.9 Å². The van der Waals surface area contributed by atoms with Crippen molar-refractivity contribution in [2.75, 3.05) is 29.7 Å². The number of anilines is 1. The van der Waals surface area contributed by atoms with E-state index in [1.165, 1.54) is 16.4 Å². The number of sulfonamides is 1. The van der Waals surface area contributed by atoms with Crippen LogP contribution in [0.1, 0.15) is 25.3 Å². The van der Waals surface area contributed by atoms with Gasteiger partial charge in [-0.25, -0.2) is 21.8 Å². The second kappa shape index (κ2) is 8.01. The fraction of sp³-hybridized carbons (Fsp3) is 0.350. The van der Waals surface area contributed by atoms with Crippen LogP contribution in [0.15, 0.2) is 30.3 Å². The van der Waals surface area contributed by atoms with Crippen molar-refractivity contribution >= 4 is 48.2 Å². The number of hydrogen-bond acceptors (Lipinski definition) is 6. The van der Waals surface area contributed by atoms with Gasteiger partial charge in [-0.1, -0.05) is 31.6 Å². The molecule has 1 fully saturated rings. The zero-order valence-corrected chi connectivity index (χ0v) is 18.8. The number of benzene rings is 2. The summed E-state index contributed by atoms with van der Waals surface area (Å²) in [5.41, 5.74) is 0.670. The molecule has 0 aromatic heterocycles. The molecule has 0 unspecified atom stereocenters. The molecule has 1 amide bonds. The Morgan fingerprint density at radius 1 is 1.22 bits per heavy atom. The molecule has 2 aromatic rings. The minimum Gasteiger partial charge on any atom is -0.506 e. The number of rotatable bonds is 6. The number of carbonyl (C=O) groups excluding carboxylic acids is 1. The number of halogens is 1. The minimum atomic E-state index is -4.31. The standard InChI is InChI=1S/C20H22FN3O6S2/c1-2-3-8-31(27,28)23-7-6-15(11-23)13-4-5-14-10-17(25)20(19(21)16(14)9-13)24-12-18(26)22-32(24,29)30/h4-6,9-10,25H,2-3,7-8,11-12H2,1H3,(H,22,26). The number of phenols is 1. The molecule has 12 heteroatoms. The zero-order valence-electron chi connectivity index (χ0n) is 17.2. The number of nitrogens with zero attached hydrogens (tertiary/aromatic N) is 2. The van der Waals surface area contributed by atoms with Crippen LogP contribution in [0.4, 0.5) is 10.1 Å². The molecule has 9 nitrogen and oxygen atoms in total. The van der Waals surface area contributed by atoms with Gasteiger partial charge in [0.15, 0.2) is 5.82 Å². The fourth-order valence-corrected chi connectivity index (χ4v) is 6.53. The Balaban J connectivity index is 1.70. The molecule has 2 aliphatic heterocycles. The van der Waals surface area contributed by atoms with E-state index in [0.29, 0.717) is 27.2 Å². The van der Waals surface area contributed by atoms with Gasteiger partial charge in [0.1, 0.15) is 18.0 Å². The van der Waals surface area contributed by atoms with E-state index in [1.807, 2.05) is 6.92 Å². The number of aromatic hydroxyl groups is 1. The van der Waals surface area contributed by atoms with Gasteiger partial charge < -0.3 is 5.11 Å². The van der Waals surface area contributed by atoms with Crippen LogP contribution in [0.2, 0.25) is 0 Å². The zero-order chi connectivity index (χ0) is 23.3. The fourth-order valence-electron chi connectivity index (χ4n) is 3.82. The van der Waals surface area contributed by atoms with E-state index in [2.05, 4.69) is 0 Å². The lowest BCUT2D eigenvalue weighted by molar-refractivity contribution is -0.117. The Morgan fingerprint density at radius 3 is 2.62 bits per heavy atom. The summed E-state index contributed by atoms with van der Waals surface area (Å²) in [6.45, 7) is 1.65. The van der Waals surface area contributed by atoms with Gasteiger partial charge in [-0.15, -0.1) is 0 Å². The molecule has 2 N–H and O–H groups in total. The summed E-state index contributed by atoms with van der Waals surface area (Å²) in [5.74, 6) is -2.38. The van der Waals surface area contributed by atoms with Crippen molar-refractivity contribution in [1.29, 1.82) is 0 Å². The maximum atomic E-state index is 15.4. The highest BCUT2D eigenvalue weighted by Gasteiger charge is 2.38. The first-order chi connectivity index (χ1) is 15.0. The predicted molar refractivity (Wildman–Crippen MR) is 118 cm³/mol. The van der Waals surface area contributed by atoms with Crippen LogP contribution >= 0.6 is 0 Å². The number of nitrogens with one attached hydrogen (secondary N) is 1. The topological polar surface area (TPSA) is 124 Å². The monoisotopic (exact) mass is 483 g/mol. The molecular formula is C20H22FN3O6S2. The average molecular weight is 484 g/mol. The molecule has 1 saturated heterocycles. The number of phenolic OH excluding ortho intramolecular Hbond substituents is 1. The van der Waals surface area contributed by atoms with Crippen LogP contribution in [-0.2, 0) is 25.0 Å². The van der Waals surface area contributed by atoms with Gasteiger partial charge in [0.25, 0.3) is 5.91 Å². The SMILES string of the molecule is CCCCS(=O)(=O)N1CC=C(c2ccc3cc(O)c(N4CC(=O)NS4(=O)=O)c(F)c3c2)C1. The molecule has 0 atom stereocenters. The summed E-state index contributed by atoms with van der Waals surface area (Å²) in [7, 11) is -7.70. The first-order valence-corrected chi connectivity index (χ1v) is 13.0. The van der Waals surface area contributed by atoms with Crippen molar-refractivity contribution in [3.05, 3.63) is 41.7 Å². The van der Waals surface area contributed by atoms with Crippen molar-refractivity contribution in [1.82, 2.24) is 9.03 Å². The number of hydrogen-bond donors (Lipinski definition) is 2. The minimum absolute atomic E-state index is 0.0399. The second-order valence-electron chi connectivity index (χ2n) is 7.72. The number of carbonyl (C=O) groups is 1. The quantitative estimate of drug-likeness (QED) is 0.645. The summed E-state index contributed by atoms with van der Waals surface area (Å²) in [6, 6.07) is 5.96. The molecule has 0 saturated carbocycles. The van der Waals surface area contributed by atoms with E-state index in [0.717, 1.165) is 6.42 Å². The van der Waals surface area contributed by atoms with E-state index < -0.39 is 49.9 Å². The lowest BCUT2D eigenvalue weighted by atomic mass is 10.0. The van der Waals surface area contributed by atoms with Gasteiger partial charge in [-0.3, -0.25) is 4.79 Å². The number of fused-ring (bicyclic) bond motifs is 1. The third-order valence-corrected chi connectivity index (χ3v) is 8.76. The van der Waals surface area contributed by atoms with Gasteiger partial charge in [0, 0.05) is 18.5 Å². The van der Waals surface area contributed by atoms with Crippen molar-refractivity contribution < 1.29 is 31.1 Å². The molecule has 32 heavy (non-hydrogen) atoms. The summed E-state index contributed by atoms with van der Waals surface area (Å²) in [4.78, 5) is 11.5.